The Labute approximate surface area is 131 Å². The van der Waals surface area contributed by atoms with Gasteiger partial charge in [0.25, 0.3) is 0 Å². The first kappa shape index (κ1) is 16.1. The van der Waals surface area contributed by atoms with Gasteiger partial charge < -0.3 is 15.4 Å². The fraction of sp³-hybridized carbons (Fsp3) is 0.667. The first-order chi connectivity index (χ1) is 10.2. The summed E-state index contributed by atoms with van der Waals surface area (Å²) in [6, 6.07) is 0. The number of ether oxygens (including phenoxy) is 1. The van der Waals surface area contributed by atoms with Crippen LogP contribution in [0.4, 0.5) is 5.82 Å². The molecule has 1 aromatic rings. The molecule has 2 N–H and O–H groups in total. The molecular formula is C15H24N4OS. The van der Waals surface area contributed by atoms with Gasteiger partial charge in [-0.2, -0.15) is 0 Å². The van der Waals surface area contributed by atoms with Gasteiger partial charge in [-0.3, -0.25) is 0 Å². The Hall–Kier alpha value is -1.27. The van der Waals surface area contributed by atoms with Crippen LogP contribution in [0.15, 0.2) is 6.33 Å². The highest BCUT2D eigenvalue weighted by Gasteiger charge is 2.18. The third-order valence-corrected chi connectivity index (χ3v) is 4.05. The van der Waals surface area contributed by atoms with Crippen LogP contribution < -0.4 is 10.6 Å². The molecule has 0 fully saturated rings. The molecule has 1 aliphatic carbocycles. The van der Waals surface area contributed by atoms with E-state index in [9.17, 15) is 0 Å². The van der Waals surface area contributed by atoms with Crippen molar-refractivity contribution in [2.75, 3.05) is 31.7 Å². The second-order valence-corrected chi connectivity index (χ2v) is 5.90. The molecule has 1 aromatic heterocycles. The summed E-state index contributed by atoms with van der Waals surface area (Å²) in [7, 11) is 1.71. The summed E-state index contributed by atoms with van der Waals surface area (Å²) in [5.74, 6) is 1.04. The summed E-state index contributed by atoms with van der Waals surface area (Å²) in [6.07, 6.45) is 8.17. The smallest absolute Gasteiger partial charge is 0.135 e. The van der Waals surface area contributed by atoms with Crippen molar-refractivity contribution in [2.24, 2.45) is 5.73 Å². The third-order valence-electron chi connectivity index (χ3n) is 3.85. The fourth-order valence-electron chi connectivity index (χ4n) is 2.72. The molecule has 5 nitrogen and oxygen atoms in total. The van der Waals surface area contributed by atoms with Gasteiger partial charge in [-0.05, 0) is 25.7 Å². The molecule has 0 bridgehead atoms. The summed E-state index contributed by atoms with van der Waals surface area (Å²) in [6.45, 7) is 2.24. The van der Waals surface area contributed by atoms with Crippen LogP contribution in [-0.4, -0.2) is 41.8 Å². The fourth-order valence-corrected chi connectivity index (χ4v) is 2.81. The molecule has 0 aliphatic heterocycles. The molecule has 0 saturated heterocycles. The molecular weight excluding hydrogens is 284 g/mol. The summed E-state index contributed by atoms with van der Waals surface area (Å²) in [5, 5.41) is 0. The van der Waals surface area contributed by atoms with Crippen molar-refractivity contribution in [3.05, 3.63) is 17.6 Å². The quantitative estimate of drug-likeness (QED) is 0.613. The van der Waals surface area contributed by atoms with Crippen LogP contribution in [0.1, 0.15) is 36.9 Å². The predicted molar refractivity (Wildman–Crippen MR) is 88.8 cm³/mol. The number of fused-ring (bicyclic) bond motifs is 1. The molecule has 0 radical (unpaired) electrons. The van der Waals surface area contributed by atoms with Gasteiger partial charge in [0.15, 0.2) is 0 Å². The van der Waals surface area contributed by atoms with Crippen LogP contribution in [0.25, 0.3) is 0 Å². The number of thiocarbonyl (C=S) groups is 1. The highest BCUT2D eigenvalue weighted by molar-refractivity contribution is 7.80. The minimum absolute atomic E-state index is 0.539. The van der Waals surface area contributed by atoms with Gasteiger partial charge in [0, 0.05) is 37.9 Å². The summed E-state index contributed by atoms with van der Waals surface area (Å²) < 4.78 is 5.22. The molecule has 2 rings (SSSR count). The second kappa shape index (κ2) is 8.24. The van der Waals surface area contributed by atoms with E-state index in [1.165, 1.54) is 30.5 Å². The lowest BCUT2D eigenvalue weighted by Gasteiger charge is -2.26. The zero-order valence-corrected chi connectivity index (χ0v) is 13.5. The summed E-state index contributed by atoms with van der Waals surface area (Å²) >= 11 is 5.01. The average molecular weight is 308 g/mol. The number of aromatic nitrogens is 2. The number of anilines is 1. The lowest BCUT2D eigenvalue weighted by molar-refractivity contribution is 0.205. The van der Waals surface area contributed by atoms with E-state index in [-0.39, 0.29) is 0 Å². The van der Waals surface area contributed by atoms with Gasteiger partial charge in [-0.25, -0.2) is 9.97 Å². The lowest BCUT2D eigenvalue weighted by Crippen LogP contribution is -2.32. The number of hydrogen-bond donors (Lipinski definition) is 1. The molecule has 0 amide bonds. The van der Waals surface area contributed by atoms with Crippen molar-refractivity contribution in [3.8, 4) is 0 Å². The van der Waals surface area contributed by atoms with Crippen LogP contribution in [-0.2, 0) is 17.6 Å². The molecule has 116 valence electrons. The van der Waals surface area contributed by atoms with Crippen LogP contribution in [0.5, 0.6) is 0 Å². The van der Waals surface area contributed by atoms with E-state index >= 15 is 0 Å². The van der Waals surface area contributed by atoms with Crippen molar-refractivity contribution in [1.82, 2.24) is 9.97 Å². The van der Waals surface area contributed by atoms with Crippen LogP contribution >= 0.6 is 12.2 Å². The Kier molecular flexibility index (Phi) is 6.32. The van der Waals surface area contributed by atoms with Crippen molar-refractivity contribution >= 4 is 23.0 Å². The van der Waals surface area contributed by atoms with Crippen LogP contribution in [0.3, 0.4) is 0 Å². The molecule has 0 spiro atoms. The van der Waals surface area contributed by atoms with Gasteiger partial charge in [-0.1, -0.05) is 18.6 Å². The number of nitrogens with zero attached hydrogens (tertiary/aromatic N) is 3. The molecule has 21 heavy (non-hydrogen) atoms. The largest absolute Gasteiger partial charge is 0.393 e. The van der Waals surface area contributed by atoms with Gasteiger partial charge in [-0.15, -0.1) is 0 Å². The van der Waals surface area contributed by atoms with E-state index in [0.29, 0.717) is 18.0 Å². The molecule has 1 heterocycles. The highest BCUT2D eigenvalue weighted by Crippen LogP contribution is 2.26. The van der Waals surface area contributed by atoms with E-state index in [1.54, 1.807) is 13.4 Å². The molecule has 1 aliphatic rings. The monoisotopic (exact) mass is 308 g/mol. The second-order valence-electron chi connectivity index (χ2n) is 5.38. The topological polar surface area (TPSA) is 64.3 Å². The molecule has 6 heteroatoms. The van der Waals surface area contributed by atoms with Gasteiger partial charge >= 0.3 is 0 Å². The van der Waals surface area contributed by atoms with E-state index in [1.807, 2.05) is 0 Å². The van der Waals surface area contributed by atoms with Crippen molar-refractivity contribution in [2.45, 2.75) is 38.5 Å². The Morgan fingerprint density at radius 1 is 1.29 bits per heavy atom. The van der Waals surface area contributed by atoms with E-state index in [0.717, 1.165) is 31.7 Å². The van der Waals surface area contributed by atoms with E-state index in [4.69, 9.17) is 22.7 Å². The maximum absolute atomic E-state index is 5.65. The summed E-state index contributed by atoms with van der Waals surface area (Å²) in [5.41, 5.74) is 8.16. The molecule has 0 unspecified atom stereocenters. The maximum Gasteiger partial charge on any atom is 0.135 e. The van der Waals surface area contributed by atoms with Crippen molar-refractivity contribution in [1.29, 1.82) is 0 Å². The number of nitrogens with two attached hydrogens (primary N) is 1. The van der Waals surface area contributed by atoms with Gasteiger partial charge in [0.05, 0.1) is 11.6 Å². The third kappa shape index (κ3) is 4.61. The lowest BCUT2D eigenvalue weighted by atomic mass is 10.1. The van der Waals surface area contributed by atoms with Crippen LogP contribution in [0, 0.1) is 0 Å². The Bertz CT molecular complexity index is 481. The molecule has 0 atom stereocenters. The minimum atomic E-state index is 0.539. The molecule has 0 aromatic carbocycles. The normalized spacial score (nSPS) is 14.3. The molecule has 0 saturated carbocycles. The first-order valence-electron chi connectivity index (χ1n) is 7.57. The number of rotatable bonds is 7. The van der Waals surface area contributed by atoms with E-state index in [2.05, 4.69) is 14.9 Å². The highest BCUT2D eigenvalue weighted by atomic mass is 32.1. The number of hydrogen-bond acceptors (Lipinski definition) is 5. The Balaban J connectivity index is 2.23. The minimum Gasteiger partial charge on any atom is -0.393 e. The summed E-state index contributed by atoms with van der Waals surface area (Å²) in [4.78, 5) is 11.8. The van der Waals surface area contributed by atoms with Gasteiger partial charge in [0.1, 0.15) is 12.1 Å². The number of aryl methyl sites for hydroxylation is 1. The average Bonchev–Trinajstić information content (AvgIpc) is 2.72. The van der Waals surface area contributed by atoms with Crippen LogP contribution in [0.2, 0.25) is 0 Å². The SMILES string of the molecule is COCCN(CCC(N)=S)c1ncnc2c1CCCCC2. The Morgan fingerprint density at radius 2 is 2.10 bits per heavy atom. The van der Waals surface area contributed by atoms with E-state index < -0.39 is 0 Å². The standard InChI is InChI=1S/C15H24N4OS/c1-20-10-9-19(8-7-14(16)21)15-12-5-3-2-4-6-13(12)17-11-18-15/h11H,2-10H2,1H3,(H2,16,21). The van der Waals surface area contributed by atoms with Crippen molar-refractivity contribution < 1.29 is 4.74 Å². The zero-order chi connectivity index (χ0) is 15.1. The van der Waals surface area contributed by atoms with Crippen molar-refractivity contribution in [3.63, 3.8) is 0 Å². The Morgan fingerprint density at radius 3 is 2.86 bits per heavy atom. The van der Waals surface area contributed by atoms with Gasteiger partial charge in [0.2, 0.25) is 0 Å². The zero-order valence-electron chi connectivity index (χ0n) is 12.7. The number of methoxy groups -OCH3 is 1. The maximum atomic E-state index is 5.65. The first-order valence-corrected chi connectivity index (χ1v) is 7.98. The predicted octanol–water partition coefficient (Wildman–Crippen LogP) is 1.87.